The van der Waals surface area contributed by atoms with E-state index in [2.05, 4.69) is 20.2 Å². The number of aryl methyl sites for hydroxylation is 1. The number of piperidine rings is 1. The van der Waals surface area contributed by atoms with Crippen molar-refractivity contribution in [2.45, 2.75) is 45.2 Å². The Kier molecular flexibility index (Phi) is 5.56. The van der Waals surface area contributed by atoms with Crippen molar-refractivity contribution in [3.63, 3.8) is 0 Å². The third kappa shape index (κ3) is 3.72. The van der Waals surface area contributed by atoms with Crippen LogP contribution in [0.15, 0.2) is 23.0 Å². The van der Waals surface area contributed by atoms with Gasteiger partial charge in [0.2, 0.25) is 0 Å². The smallest absolute Gasteiger partial charge is 0.267 e. The minimum atomic E-state index is -0.0961. The molecule has 26 heavy (non-hydrogen) atoms. The topological polar surface area (TPSA) is 83.0 Å². The van der Waals surface area contributed by atoms with Gasteiger partial charge in [0.25, 0.3) is 11.5 Å². The summed E-state index contributed by atoms with van der Waals surface area (Å²) in [6.45, 7) is 3.55. The minimum absolute atomic E-state index is 0.0808. The summed E-state index contributed by atoms with van der Waals surface area (Å²) in [6.07, 6.45) is 4.05. The largest absolute Gasteiger partial charge is 0.354 e. The van der Waals surface area contributed by atoms with Gasteiger partial charge in [0.15, 0.2) is 0 Å². The molecule has 3 heterocycles. The number of nitrogens with one attached hydrogen (secondary N) is 2. The van der Waals surface area contributed by atoms with E-state index in [1.54, 1.807) is 13.1 Å². The van der Waals surface area contributed by atoms with Crippen LogP contribution in [0.4, 0.5) is 0 Å². The second-order valence-corrected chi connectivity index (χ2v) is 6.80. The Hall–Kier alpha value is -2.41. The summed E-state index contributed by atoms with van der Waals surface area (Å²) in [5.74, 6) is 0.629. The molecule has 1 atom stereocenters. The molecule has 0 radical (unpaired) electrons. The first-order valence-electron chi connectivity index (χ1n) is 9.24. The molecule has 1 unspecified atom stereocenters. The van der Waals surface area contributed by atoms with Gasteiger partial charge in [-0.05, 0) is 37.9 Å². The number of rotatable bonds is 5. The van der Waals surface area contributed by atoms with Crippen LogP contribution in [-0.2, 0) is 20.0 Å². The van der Waals surface area contributed by atoms with Crippen LogP contribution in [0.3, 0.4) is 0 Å². The van der Waals surface area contributed by atoms with E-state index in [-0.39, 0.29) is 17.5 Å². The molecule has 7 nitrogen and oxygen atoms in total. The Bertz CT molecular complexity index is 839. The quantitative estimate of drug-likeness (QED) is 0.854. The summed E-state index contributed by atoms with van der Waals surface area (Å²) < 4.78 is 1.97. The van der Waals surface area contributed by atoms with Crippen molar-refractivity contribution in [1.82, 2.24) is 24.8 Å². The third-order valence-corrected chi connectivity index (χ3v) is 5.13. The van der Waals surface area contributed by atoms with Crippen LogP contribution in [0.25, 0.3) is 0 Å². The molecule has 1 aliphatic rings. The van der Waals surface area contributed by atoms with Crippen LogP contribution in [0.5, 0.6) is 0 Å². The average molecular weight is 357 g/mol. The van der Waals surface area contributed by atoms with Crippen molar-refractivity contribution in [2.24, 2.45) is 7.05 Å². The van der Waals surface area contributed by atoms with E-state index in [0.717, 1.165) is 43.6 Å². The molecule has 1 saturated heterocycles. The van der Waals surface area contributed by atoms with Gasteiger partial charge < -0.3 is 14.9 Å². The second-order valence-electron chi connectivity index (χ2n) is 6.80. The molecule has 1 aliphatic heterocycles. The molecular weight excluding hydrogens is 330 g/mol. The molecule has 1 fully saturated rings. The highest BCUT2D eigenvalue weighted by Crippen LogP contribution is 2.32. The first-order valence-corrected chi connectivity index (χ1v) is 9.24. The van der Waals surface area contributed by atoms with Crippen LogP contribution in [0, 0.1) is 0 Å². The van der Waals surface area contributed by atoms with E-state index in [9.17, 15) is 9.59 Å². The molecule has 7 heteroatoms. The number of aromatic nitrogens is 3. The van der Waals surface area contributed by atoms with E-state index < -0.39 is 0 Å². The zero-order valence-electron chi connectivity index (χ0n) is 15.7. The fourth-order valence-corrected chi connectivity index (χ4v) is 3.74. The van der Waals surface area contributed by atoms with Crippen molar-refractivity contribution >= 4 is 5.91 Å². The predicted octanol–water partition coefficient (Wildman–Crippen LogP) is 1.76. The van der Waals surface area contributed by atoms with Crippen LogP contribution in [0.1, 0.15) is 59.9 Å². The maximum atomic E-state index is 12.0. The molecule has 0 saturated carbocycles. The molecule has 0 spiro atoms. The molecule has 1 amide bonds. The molecular formula is C19H27N5O2. The summed E-state index contributed by atoms with van der Waals surface area (Å²) in [7, 11) is 3.58. The number of hydrogen-bond acceptors (Lipinski definition) is 4. The minimum Gasteiger partial charge on any atom is -0.354 e. The van der Waals surface area contributed by atoms with Gasteiger partial charge in [-0.2, -0.15) is 0 Å². The molecule has 2 N–H and O–H groups in total. The Balaban J connectivity index is 1.87. The van der Waals surface area contributed by atoms with Crippen molar-refractivity contribution in [3.05, 3.63) is 51.5 Å². The van der Waals surface area contributed by atoms with Gasteiger partial charge in [0.1, 0.15) is 11.5 Å². The molecule has 0 aromatic carbocycles. The molecule has 140 valence electrons. The molecule has 2 aromatic heterocycles. The van der Waals surface area contributed by atoms with E-state index in [0.29, 0.717) is 18.1 Å². The number of carbonyl (C=O) groups is 1. The Labute approximate surface area is 153 Å². The highest BCUT2D eigenvalue weighted by Gasteiger charge is 2.27. The van der Waals surface area contributed by atoms with Crippen molar-refractivity contribution in [2.75, 3.05) is 13.6 Å². The zero-order valence-corrected chi connectivity index (χ0v) is 15.7. The maximum Gasteiger partial charge on any atom is 0.267 e. The Morgan fingerprint density at radius 1 is 1.38 bits per heavy atom. The van der Waals surface area contributed by atoms with Crippen LogP contribution >= 0.6 is 0 Å². The third-order valence-electron chi connectivity index (χ3n) is 5.13. The number of nitrogens with zero attached hydrogens (tertiary/aromatic N) is 3. The first-order chi connectivity index (χ1) is 12.5. The highest BCUT2D eigenvalue weighted by molar-refractivity contribution is 5.92. The van der Waals surface area contributed by atoms with Crippen LogP contribution in [-0.4, -0.2) is 38.9 Å². The summed E-state index contributed by atoms with van der Waals surface area (Å²) in [4.78, 5) is 33.7. The highest BCUT2D eigenvalue weighted by atomic mass is 16.1. The molecule has 0 bridgehead atoms. The number of H-pyrrole nitrogens is 1. The fourth-order valence-electron chi connectivity index (χ4n) is 3.74. The standard InChI is InChI=1S/C19H27N5O2/c1-4-13-11-18(25)22-17(21-13)12-24-10-6-5-7-15(24)14-8-9-16(23(14)3)19(26)20-2/h8-9,11,15H,4-7,10,12H2,1-3H3,(H,20,26)(H,21,22,25). The van der Waals surface area contributed by atoms with Crippen molar-refractivity contribution in [3.8, 4) is 0 Å². The van der Waals surface area contributed by atoms with E-state index in [1.807, 2.05) is 30.7 Å². The Morgan fingerprint density at radius 2 is 2.19 bits per heavy atom. The SMILES string of the molecule is CCc1cc(=O)[nH]c(CN2CCCCC2c2ccc(C(=O)NC)n2C)n1. The predicted molar refractivity (Wildman–Crippen MR) is 100 cm³/mol. The summed E-state index contributed by atoms with van der Waals surface area (Å²) in [5, 5.41) is 2.69. The number of carbonyl (C=O) groups excluding carboxylic acids is 1. The average Bonchev–Trinajstić information content (AvgIpc) is 3.02. The number of aromatic amines is 1. The van der Waals surface area contributed by atoms with Crippen LogP contribution in [0.2, 0.25) is 0 Å². The monoisotopic (exact) mass is 357 g/mol. The lowest BCUT2D eigenvalue weighted by Crippen LogP contribution is -2.35. The fraction of sp³-hybridized carbons (Fsp3) is 0.526. The van der Waals surface area contributed by atoms with E-state index in [1.165, 1.54) is 0 Å². The van der Waals surface area contributed by atoms with Gasteiger partial charge in [0.05, 0.1) is 12.6 Å². The molecule has 2 aromatic rings. The van der Waals surface area contributed by atoms with E-state index in [4.69, 9.17) is 0 Å². The van der Waals surface area contributed by atoms with Crippen molar-refractivity contribution in [1.29, 1.82) is 0 Å². The van der Waals surface area contributed by atoms with Gasteiger partial charge in [0, 0.05) is 31.5 Å². The summed E-state index contributed by atoms with van der Waals surface area (Å²) >= 11 is 0. The normalized spacial score (nSPS) is 18.0. The first kappa shape index (κ1) is 18.4. The summed E-state index contributed by atoms with van der Waals surface area (Å²) in [6, 6.07) is 5.68. The van der Waals surface area contributed by atoms with Gasteiger partial charge >= 0.3 is 0 Å². The molecule has 0 aliphatic carbocycles. The lowest BCUT2D eigenvalue weighted by molar-refractivity contribution is 0.0952. The van der Waals surface area contributed by atoms with Crippen LogP contribution < -0.4 is 10.9 Å². The number of amides is 1. The lowest BCUT2D eigenvalue weighted by atomic mass is 9.99. The van der Waals surface area contributed by atoms with Crippen molar-refractivity contribution < 1.29 is 4.79 Å². The second kappa shape index (κ2) is 7.86. The van der Waals surface area contributed by atoms with Gasteiger partial charge in [-0.25, -0.2) is 4.98 Å². The Morgan fingerprint density at radius 3 is 2.92 bits per heavy atom. The number of likely N-dealkylation sites (tertiary alicyclic amines) is 1. The van der Waals surface area contributed by atoms with Gasteiger partial charge in [-0.3, -0.25) is 14.5 Å². The number of hydrogen-bond donors (Lipinski definition) is 2. The van der Waals surface area contributed by atoms with Gasteiger partial charge in [-0.1, -0.05) is 13.3 Å². The molecule has 3 rings (SSSR count). The zero-order chi connectivity index (χ0) is 18.7. The van der Waals surface area contributed by atoms with E-state index >= 15 is 0 Å². The van der Waals surface area contributed by atoms with Gasteiger partial charge in [-0.15, -0.1) is 0 Å². The lowest BCUT2D eigenvalue weighted by Gasteiger charge is -2.35. The maximum absolute atomic E-state index is 12.0. The summed E-state index contributed by atoms with van der Waals surface area (Å²) in [5.41, 5.74) is 2.50.